The monoisotopic (exact) mass is 471 g/mol. The lowest BCUT2D eigenvalue weighted by molar-refractivity contribution is -0.113. The zero-order valence-corrected chi connectivity index (χ0v) is 18.9. The largest absolute Gasteiger partial charge is 0.294 e. The number of halogens is 1. The fourth-order valence-corrected chi connectivity index (χ4v) is 4.80. The standard InChI is InChI=1S/C25H18ClN5OS/c26-18-11-12-19-20(13-18)29-23(17-9-5-2-6-10-17)24(22(19)16-7-3-1-4-8-16)33-14-21(32)30-25-27-15-28-31-25/h1-13,15H,14H2,(H2,27,28,30,31,32). The zero-order chi connectivity index (χ0) is 22.6. The van der Waals surface area contributed by atoms with Gasteiger partial charge >= 0.3 is 0 Å². The molecule has 33 heavy (non-hydrogen) atoms. The van der Waals surface area contributed by atoms with Crippen LogP contribution in [0.15, 0.2) is 90.1 Å². The molecule has 0 atom stereocenters. The molecule has 2 aromatic heterocycles. The number of fused-ring (bicyclic) bond motifs is 1. The van der Waals surface area contributed by atoms with Crippen molar-refractivity contribution in [3.8, 4) is 22.4 Å². The zero-order valence-electron chi connectivity index (χ0n) is 17.3. The number of nitrogens with one attached hydrogen (secondary N) is 2. The number of aromatic nitrogens is 4. The number of carbonyl (C=O) groups excluding carboxylic acids is 1. The van der Waals surface area contributed by atoms with Crippen LogP contribution in [0, 0.1) is 0 Å². The number of hydrogen-bond donors (Lipinski definition) is 2. The Bertz CT molecular complexity index is 1410. The smallest absolute Gasteiger partial charge is 0.237 e. The average Bonchev–Trinajstić information content (AvgIpc) is 3.36. The van der Waals surface area contributed by atoms with E-state index in [4.69, 9.17) is 16.6 Å². The number of thioether (sulfide) groups is 1. The molecule has 0 saturated carbocycles. The fourth-order valence-electron chi connectivity index (χ4n) is 3.62. The van der Waals surface area contributed by atoms with Crippen molar-refractivity contribution in [2.24, 2.45) is 0 Å². The number of H-pyrrole nitrogens is 1. The maximum Gasteiger partial charge on any atom is 0.237 e. The highest BCUT2D eigenvalue weighted by Crippen LogP contribution is 2.43. The number of nitrogens with zero attached hydrogens (tertiary/aromatic N) is 3. The number of anilines is 1. The van der Waals surface area contributed by atoms with Gasteiger partial charge in [0.2, 0.25) is 11.9 Å². The van der Waals surface area contributed by atoms with E-state index < -0.39 is 0 Å². The third-order valence-electron chi connectivity index (χ3n) is 5.03. The number of pyridine rings is 1. The van der Waals surface area contributed by atoms with Crippen LogP contribution in [0.5, 0.6) is 0 Å². The maximum atomic E-state index is 12.6. The van der Waals surface area contributed by atoms with Crippen molar-refractivity contribution in [3.63, 3.8) is 0 Å². The number of benzene rings is 3. The predicted octanol–water partition coefficient (Wildman–Crippen LogP) is 6.07. The van der Waals surface area contributed by atoms with Gasteiger partial charge < -0.3 is 0 Å². The quantitative estimate of drug-likeness (QED) is 0.293. The molecule has 0 spiro atoms. The number of rotatable bonds is 6. The Morgan fingerprint density at radius 3 is 2.39 bits per heavy atom. The van der Waals surface area contributed by atoms with Crippen molar-refractivity contribution >= 4 is 46.1 Å². The summed E-state index contributed by atoms with van der Waals surface area (Å²) in [5.74, 6) is 0.311. The average molecular weight is 472 g/mol. The van der Waals surface area contributed by atoms with E-state index in [2.05, 4.69) is 32.6 Å². The molecular formula is C25H18ClN5OS. The SMILES string of the molecule is O=C(CSc1c(-c2ccccc2)nc2cc(Cl)ccc2c1-c1ccccc1)Nc1ncn[nH]1. The highest BCUT2D eigenvalue weighted by atomic mass is 35.5. The summed E-state index contributed by atoms with van der Waals surface area (Å²) in [5, 5.41) is 10.7. The van der Waals surface area contributed by atoms with Crippen LogP contribution in [0.25, 0.3) is 33.3 Å². The summed E-state index contributed by atoms with van der Waals surface area (Å²) in [6.45, 7) is 0. The third-order valence-corrected chi connectivity index (χ3v) is 6.36. The van der Waals surface area contributed by atoms with E-state index >= 15 is 0 Å². The van der Waals surface area contributed by atoms with Gasteiger partial charge in [0.05, 0.1) is 17.0 Å². The van der Waals surface area contributed by atoms with Crippen molar-refractivity contribution in [1.82, 2.24) is 20.2 Å². The molecule has 0 unspecified atom stereocenters. The minimum atomic E-state index is -0.189. The summed E-state index contributed by atoms with van der Waals surface area (Å²) in [5.41, 5.74) is 4.64. The van der Waals surface area contributed by atoms with Gasteiger partial charge in [-0.3, -0.25) is 10.1 Å². The van der Waals surface area contributed by atoms with E-state index in [1.54, 1.807) is 0 Å². The van der Waals surface area contributed by atoms with Crippen LogP contribution in [0.1, 0.15) is 0 Å². The van der Waals surface area contributed by atoms with Gasteiger partial charge in [-0.05, 0) is 17.7 Å². The maximum absolute atomic E-state index is 12.6. The Balaban J connectivity index is 1.67. The van der Waals surface area contributed by atoms with Crippen molar-refractivity contribution in [1.29, 1.82) is 0 Å². The van der Waals surface area contributed by atoms with Gasteiger partial charge in [-0.2, -0.15) is 10.1 Å². The molecule has 1 amide bonds. The molecule has 2 heterocycles. The van der Waals surface area contributed by atoms with E-state index in [1.807, 2.05) is 66.7 Å². The van der Waals surface area contributed by atoms with Crippen LogP contribution in [-0.2, 0) is 4.79 Å². The predicted molar refractivity (Wildman–Crippen MR) is 133 cm³/mol. The minimum absolute atomic E-state index is 0.182. The molecule has 0 fully saturated rings. The molecule has 0 aliphatic rings. The van der Waals surface area contributed by atoms with Crippen molar-refractivity contribution in [3.05, 3.63) is 90.2 Å². The van der Waals surface area contributed by atoms with E-state index in [-0.39, 0.29) is 11.7 Å². The molecule has 0 radical (unpaired) electrons. The first kappa shape index (κ1) is 21.2. The lowest BCUT2D eigenvalue weighted by Crippen LogP contribution is -2.15. The molecule has 8 heteroatoms. The Labute approximate surface area is 199 Å². The van der Waals surface area contributed by atoms with Crippen LogP contribution < -0.4 is 5.32 Å². The summed E-state index contributed by atoms with van der Waals surface area (Å²) < 4.78 is 0. The Hall–Kier alpha value is -3.68. The summed E-state index contributed by atoms with van der Waals surface area (Å²) in [6, 6.07) is 25.8. The van der Waals surface area contributed by atoms with Gasteiger partial charge in [0.1, 0.15) is 6.33 Å². The van der Waals surface area contributed by atoms with Gasteiger partial charge in [-0.1, -0.05) is 78.3 Å². The van der Waals surface area contributed by atoms with Gasteiger partial charge in [-0.15, -0.1) is 11.8 Å². The molecule has 6 nitrogen and oxygen atoms in total. The molecule has 5 rings (SSSR count). The first-order valence-electron chi connectivity index (χ1n) is 10.2. The van der Waals surface area contributed by atoms with Crippen LogP contribution in [0.2, 0.25) is 5.02 Å². The Morgan fingerprint density at radius 2 is 1.70 bits per heavy atom. The van der Waals surface area contributed by atoms with Crippen molar-refractivity contribution in [2.45, 2.75) is 4.90 Å². The first-order chi connectivity index (χ1) is 16.2. The highest BCUT2D eigenvalue weighted by molar-refractivity contribution is 8.00. The molecule has 3 aromatic carbocycles. The van der Waals surface area contributed by atoms with E-state index in [9.17, 15) is 4.79 Å². The summed E-state index contributed by atoms with van der Waals surface area (Å²) in [7, 11) is 0. The molecule has 2 N–H and O–H groups in total. The topological polar surface area (TPSA) is 83.6 Å². The molecule has 0 aliphatic heterocycles. The van der Waals surface area contributed by atoms with Crippen LogP contribution in [0.4, 0.5) is 5.95 Å². The number of amides is 1. The number of hydrogen-bond acceptors (Lipinski definition) is 5. The second-order valence-corrected chi connectivity index (χ2v) is 8.65. The molecule has 0 aliphatic carbocycles. The van der Waals surface area contributed by atoms with Gasteiger partial charge in [0, 0.05) is 26.4 Å². The second-order valence-electron chi connectivity index (χ2n) is 7.23. The molecular weight excluding hydrogens is 454 g/mol. The molecule has 0 bridgehead atoms. The summed E-state index contributed by atoms with van der Waals surface area (Å²) in [6.07, 6.45) is 1.35. The van der Waals surface area contributed by atoms with E-state index in [1.165, 1.54) is 18.1 Å². The lowest BCUT2D eigenvalue weighted by atomic mass is 9.98. The van der Waals surface area contributed by atoms with Gasteiger partial charge in [0.25, 0.3) is 0 Å². The molecule has 162 valence electrons. The van der Waals surface area contributed by atoms with E-state index in [0.29, 0.717) is 11.0 Å². The number of carbonyl (C=O) groups is 1. The minimum Gasteiger partial charge on any atom is -0.294 e. The third kappa shape index (κ3) is 4.60. The Morgan fingerprint density at radius 1 is 0.970 bits per heavy atom. The van der Waals surface area contributed by atoms with Crippen molar-refractivity contribution < 1.29 is 4.79 Å². The summed E-state index contributed by atoms with van der Waals surface area (Å²) >= 11 is 7.76. The number of aromatic amines is 1. The van der Waals surface area contributed by atoms with Crippen LogP contribution in [-0.4, -0.2) is 31.8 Å². The Kier molecular flexibility index (Phi) is 6.06. The molecule has 0 saturated heterocycles. The van der Waals surface area contributed by atoms with Gasteiger partial charge in [0.15, 0.2) is 0 Å². The first-order valence-corrected chi connectivity index (χ1v) is 11.6. The van der Waals surface area contributed by atoms with Crippen LogP contribution in [0.3, 0.4) is 0 Å². The van der Waals surface area contributed by atoms with E-state index in [0.717, 1.165) is 38.2 Å². The molecule has 5 aromatic rings. The lowest BCUT2D eigenvalue weighted by Gasteiger charge is -2.17. The fraction of sp³-hybridized carbons (Fsp3) is 0.0400. The van der Waals surface area contributed by atoms with Gasteiger partial charge in [-0.25, -0.2) is 10.1 Å². The second kappa shape index (κ2) is 9.44. The highest BCUT2D eigenvalue weighted by Gasteiger charge is 2.20. The van der Waals surface area contributed by atoms with Crippen LogP contribution >= 0.6 is 23.4 Å². The summed E-state index contributed by atoms with van der Waals surface area (Å²) in [4.78, 5) is 22.5. The van der Waals surface area contributed by atoms with Crippen molar-refractivity contribution in [2.75, 3.05) is 11.1 Å². The normalized spacial score (nSPS) is 10.9.